The number of hydrogen-bond acceptors (Lipinski definition) is 2. The van der Waals surface area contributed by atoms with E-state index in [-0.39, 0.29) is 17.7 Å². The molecule has 2 rings (SSSR count). The Hall–Kier alpha value is -2.13. The van der Waals surface area contributed by atoms with E-state index < -0.39 is 6.10 Å². The van der Waals surface area contributed by atoms with Crippen LogP contribution in [0.5, 0.6) is 0 Å². The van der Waals surface area contributed by atoms with Gasteiger partial charge in [-0.05, 0) is 23.5 Å². The molecular formula is C20H25NO2. The van der Waals surface area contributed by atoms with Gasteiger partial charge in [0, 0.05) is 6.54 Å². The van der Waals surface area contributed by atoms with E-state index in [1.165, 1.54) is 0 Å². The fraction of sp³-hybridized carbons (Fsp3) is 0.350. The topological polar surface area (TPSA) is 49.3 Å². The van der Waals surface area contributed by atoms with Crippen LogP contribution in [0.15, 0.2) is 60.7 Å². The van der Waals surface area contributed by atoms with Gasteiger partial charge in [0.05, 0.1) is 12.0 Å². The van der Waals surface area contributed by atoms with Gasteiger partial charge in [0.2, 0.25) is 5.91 Å². The monoisotopic (exact) mass is 311 g/mol. The summed E-state index contributed by atoms with van der Waals surface area (Å²) in [6, 6.07) is 19.4. The predicted octanol–water partition coefficient (Wildman–Crippen LogP) is 3.67. The van der Waals surface area contributed by atoms with Gasteiger partial charge in [-0.3, -0.25) is 4.79 Å². The van der Waals surface area contributed by atoms with Crippen molar-refractivity contribution in [3.05, 3.63) is 71.8 Å². The van der Waals surface area contributed by atoms with Crippen LogP contribution in [0.1, 0.15) is 43.4 Å². The molecule has 0 radical (unpaired) electrons. The summed E-state index contributed by atoms with van der Waals surface area (Å²) in [4.78, 5) is 12.5. The molecule has 0 bridgehead atoms. The molecule has 0 aliphatic heterocycles. The van der Waals surface area contributed by atoms with Crippen LogP contribution in [-0.2, 0) is 4.79 Å². The molecule has 0 heterocycles. The zero-order valence-electron chi connectivity index (χ0n) is 13.8. The lowest BCUT2D eigenvalue weighted by atomic mass is 9.87. The number of nitrogens with one attached hydrogen (secondary N) is 1. The lowest BCUT2D eigenvalue weighted by Crippen LogP contribution is -2.33. The van der Waals surface area contributed by atoms with Gasteiger partial charge < -0.3 is 10.4 Å². The minimum atomic E-state index is -0.550. The molecule has 2 aromatic rings. The third-order valence-corrected chi connectivity index (χ3v) is 4.01. The second-order valence-electron chi connectivity index (χ2n) is 6.14. The van der Waals surface area contributed by atoms with Crippen molar-refractivity contribution in [2.45, 2.75) is 32.3 Å². The van der Waals surface area contributed by atoms with Crippen LogP contribution in [0.2, 0.25) is 0 Å². The maximum Gasteiger partial charge on any atom is 0.227 e. The van der Waals surface area contributed by atoms with Gasteiger partial charge in [0.15, 0.2) is 0 Å². The van der Waals surface area contributed by atoms with E-state index in [0.717, 1.165) is 11.1 Å². The van der Waals surface area contributed by atoms with Crippen LogP contribution in [0.3, 0.4) is 0 Å². The first-order valence-electron chi connectivity index (χ1n) is 8.15. The van der Waals surface area contributed by atoms with Crippen molar-refractivity contribution in [1.82, 2.24) is 5.32 Å². The molecule has 0 aliphatic carbocycles. The Kier molecular flexibility index (Phi) is 6.36. The lowest BCUT2D eigenvalue weighted by molar-refractivity contribution is -0.123. The van der Waals surface area contributed by atoms with E-state index in [9.17, 15) is 9.90 Å². The smallest absolute Gasteiger partial charge is 0.227 e. The Labute approximate surface area is 138 Å². The molecular weight excluding hydrogens is 286 g/mol. The highest BCUT2D eigenvalue weighted by Crippen LogP contribution is 2.24. The largest absolute Gasteiger partial charge is 0.388 e. The van der Waals surface area contributed by atoms with E-state index in [1.807, 2.05) is 60.7 Å². The second-order valence-corrected chi connectivity index (χ2v) is 6.14. The third-order valence-electron chi connectivity index (χ3n) is 4.01. The molecule has 2 N–H and O–H groups in total. The van der Waals surface area contributed by atoms with Gasteiger partial charge in [0.25, 0.3) is 0 Å². The Morgan fingerprint density at radius 2 is 1.48 bits per heavy atom. The zero-order chi connectivity index (χ0) is 16.7. The first kappa shape index (κ1) is 17.2. The molecule has 2 aromatic carbocycles. The Bertz CT molecular complexity index is 596. The van der Waals surface area contributed by atoms with Crippen molar-refractivity contribution < 1.29 is 9.90 Å². The predicted molar refractivity (Wildman–Crippen MR) is 93.0 cm³/mol. The van der Waals surface area contributed by atoms with Crippen LogP contribution >= 0.6 is 0 Å². The van der Waals surface area contributed by atoms with Crippen molar-refractivity contribution in [2.75, 3.05) is 6.54 Å². The normalized spacial score (nSPS) is 13.6. The first-order valence-corrected chi connectivity index (χ1v) is 8.15. The summed E-state index contributed by atoms with van der Waals surface area (Å²) in [5.74, 6) is 0.0768. The number of carbonyl (C=O) groups is 1. The highest BCUT2D eigenvalue weighted by molar-refractivity contribution is 5.83. The van der Waals surface area contributed by atoms with Crippen LogP contribution in [0, 0.1) is 5.92 Å². The molecule has 0 saturated heterocycles. The number of rotatable bonds is 7. The summed E-state index contributed by atoms with van der Waals surface area (Å²) in [6.07, 6.45) is -0.0410. The van der Waals surface area contributed by atoms with Gasteiger partial charge in [-0.25, -0.2) is 0 Å². The van der Waals surface area contributed by atoms with Crippen molar-refractivity contribution in [1.29, 1.82) is 0 Å². The van der Waals surface area contributed by atoms with Gasteiger partial charge in [-0.15, -0.1) is 0 Å². The molecule has 3 nitrogen and oxygen atoms in total. The summed E-state index contributed by atoms with van der Waals surface area (Å²) in [5, 5.41) is 13.1. The lowest BCUT2D eigenvalue weighted by Gasteiger charge is -2.21. The molecule has 122 valence electrons. The van der Waals surface area contributed by atoms with Crippen LogP contribution in [0.4, 0.5) is 0 Å². The summed E-state index contributed by atoms with van der Waals surface area (Å²) < 4.78 is 0. The average molecular weight is 311 g/mol. The van der Waals surface area contributed by atoms with E-state index in [1.54, 1.807) is 0 Å². The van der Waals surface area contributed by atoms with Gasteiger partial charge in [-0.1, -0.05) is 74.5 Å². The molecule has 0 aliphatic rings. The average Bonchev–Trinajstić information content (AvgIpc) is 2.56. The summed E-state index contributed by atoms with van der Waals surface area (Å²) in [6.45, 7) is 4.57. The number of hydrogen-bond donors (Lipinski definition) is 2. The highest BCUT2D eigenvalue weighted by atomic mass is 16.3. The SMILES string of the molecule is CC(C)C(C(=O)NCCC(O)c1ccccc1)c1ccccc1. The van der Waals surface area contributed by atoms with Crippen molar-refractivity contribution >= 4 is 5.91 Å². The molecule has 1 amide bonds. The summed E-state index contributed by atoms with van der Waals surface area (Å²) in [7, 11) is 0. The Morgan fingerprint density at radius 1 is 0.957 bits per heavy atom. The number of benzene rings is 2. The van der Waals surface area contributed by atoms with E-state index in [4.69, 9.17) is 0 Å². The quantitative estimate of drug-likeness (QED) is 0.819. The standard InChI is InChI=1S/C20H25NO2/c1-15(2)19(17-11-7-4-8-12-17)20(23)21-14-13-18(22)16-9-5-3-6-10-16/h3-12,15,18-19,22H,13-14H2,1-2H3,(H,21,23). The molecule has 2 unspecified atom stereocenters. The van der Waals surface area contributed by atoms with Crippen molar-refractivity contribution in [3.63, 3.8) is 0 Å². The van der Waals surface area contributed by atoms with E-state index in [2.05, 4.69) is 19.2 Å². The Balaban J connectivity index is 1.90. The number of amides is 1. The molecule has 0 aromatic heterocycles. The second kappa shape index (κ2) is 8.49. The zero-order valence-corrected chi connectivity index (χ0v) is 13.8. The van der Waals surface area contributed by atoms with Crippen LogP contribution in [-0.4, -0.2) is 17.6 Å². The molecule has 0 saturated carbocycles. The maximum absolute atomic E-state index is 12.5. The fourth-order valence-electron chi connectivity index (χ4n) is 2.78. The molecule has 23 heavy (non-hydrogen) atoms. The summed E-state index contributed by atoms with van der Waals surface area (Å²) in [5.41, 5.74) is 1.91. The number of aliphatic hydroxyl groups excluding tert-OH is 1. The van der Waals surface area contributed by atoms with Crippen molar-refractivity contribution in [2.24, 2.45) is 5.92 Å². The molecule has 0 fully saturated rings. The van der Waals surface area contributed by atoms with Crippen LogP contribution < -0.4 is 5.32 Å². The number of carbonyl (C=O) groups excluding carboxylic acids is 1. The van der Waals surface area contributed by atoms with E-state index >= 15 is 0 Å². The number of aliphatic hydroxyl groups is 1. The minimum Gasteiger partial charge on any atom is -0.388 e. The Morgan fingerprint density at radius 3 is 2.00 bits per heavy atom. The van der Waals surface area contributed by atoms with Gasteiger partial charge in [-0.2, -0.15) is 0 Å². The van der Waals surface area contributed by atoms with Gasteiger partial charge in [0.1, 0.15) is 0 Å². The molecule has 0 spiro atoms. The highest BCUT2D eigenvalue weighted by Gasteiger charge is 2.23. The minimum absolute atomic E-state index is 0.0199. The first-order chi connectivity index (χ1) is 11.1. The van der Waals surface area contributed by atoms with Crippen LogP contribution in [0.25, 0.3) is 0 Å². The maximum atomic E-state index is 12.5. The fourth-order valence-corrected chi connectivity index (χ4v) is 2.78. The van der Waals surface area contributed by atoms with Crippen molar-refractivity contribution in [3.8, 4) is 0 Å². The molecule has 3 heteroatoms. The van der Waals surface area contributed by atoms with E-state index in [0.29, 0.717) is 13.0 Å². The third kappa shape index (κ3) is 4.93. The summed E-state index contributed by atoms with van der Waals surface area (Å²) >= 11 is 0. The molecule has 2 atom stereocenters. The van der Waals surface area contributed by atoms with Gasteiger partial charge >= 0.3 is 0 Å².